The minimum absolute atomic E-state index is 0.269. The van der Waals surface area contributed by atoms with Crippen LogP contribution in [-0.4, -0.2) is 5.78 Å². The van der Waals surface area contributed by atoms with Crippen LogP contribution in [0.1, 0.15) is 61.9 Å². The molecule has 1 saturated carbocycles. The van der Waals surface area contributed by atoms with E-state index < -0.39 is 0 Å². The van der Waals surface area contributed by atoms with Gasteiger partial charge in [0, 0.05) is 11.5 Å². The summed E-state index contributed by atoms with van der Waals surface area (Å²) in [6, 6.07) is 8.27. The number of Topliss-reactive ketones (excluding diaryl/α,β-unsaturated/α-hetero) is 1. The molecule has 1 aromatic carbocycles. The third-order valence-electron chi connectivity index (χ3n) is 4.08. The van der Waals surface area contributed by atoms with Gasteiger partial charge in [-0.15, -0.1) is 0 Å². The summed E-state index contributed by atoms with van der Waals surface area (Å²) in [4.78, 5) is 12.4. The summed E-state index contributed by atoms with van der Waals surface area (Å²) in [6.07, 6.45) is 6.93. The number of ketones is 1. The number of carbonyl (C=O) groups excluding carboxylic acids is 1. The molecule has 0 amide bonds. The summed E-state index contributed by atoms with van der Waals surface area (Å²) in [6.45, 7) is 4.45. The first kappa shape index (κ1) is 13.3. The zero-order valence-electron chi connectivity index (χ0n) is 11.6. The van der Waals surface area contributed by atoms with Gasteiger partial charge >= 0.3 is 0 Å². The zero-order valence-corrected chi connectivity index (χ0v) is 11.6. The molecule has 0 bridgehead atoms. The molecule has 0 heterocycles. The molecule has 98 valence electrons. The van der Waals surface area contributed by atoms with Crippen LogP contribution in [0.2, 0.25) is 0 Å². The highest BCUT2D eigenvalue weighted by Crippen LogP contribution is 2.31. The summed E-state index contributed by atoms with van der Waals surface area (Å²) in [5, 5.41) is 0. The highest BCUT2D eigenvalue weighted by atomic mass is 16.1. The van der Waals surface area contributed by atoms with Crippen LogP contribution in [-0.2, 0) is 6.42 Å². The lowest BCUT2D eigenvalue weighted by Gasteiger charge is -2.25. The van der Waals surface area contributed by atoms with Gasteiger partial charge in [0.05, 0.1) is 0 Å². The molecule has 2 unspecified atom stereocenters. The van der Waals surface area contributed by atoms with E-state index in [0.717, 1.165) is 31.2 Å². The molecule has 1 fully saturated rings. The van der Waals surface area contributed by atoms with Gasteiger partial charge < -0.3 is 0 Å². The maximum atomic E-state index is 12.4. The average molecular weight is 244 g/mol. The fraction of sp³-hybridized carbons (Fsp3) is 0.588. The van der Waals surface area contributed by atoms with Crippen molar-refractivity contribution in [1.82, 2.24) is 0 Å². The van der Waals surface area contributed by atoms with Gasteiger partial charge in [-0.3, -0.25) is 4.79 Å². The molecular formula is C17H24O. The van der Waals surface area contributed by atoms with E-state index in [-0.39, 0.29) is 5.92 Å². The van der Waals surface area contributed by atoms with Gasteiger partial charge in [-0.25, -0.2) is 0 Å². The van der Waals surface area contributed by atoms with E-state index in [2.05, 4.69) is 26.0 Å². The standard InChI is InChI=1S/C17H24O/c1-3-5-14-8-10-15(11-9-14)17(18)16-7-4-6-13(2)12-16/h8-11,13,16H,3-7,12H2,1-2H3. The molecule has 1 aliphatic carbocycles. The second-order valence-corrected chi connectivity index (χ2v) is 5.78. The number of benzene rings is 1. The molecule has 2 rings (SSSR count). The smallest absolute Gasteiger partial charge is 0.165 e. The Kier molecular flexibility index (Phi) is 4.57. The van der Waals surface area contributed by atoms with Crippen LogP contribution in [0.25, 0.3) is 0 Å². The van der Waals surface area contributed by atoms with Crippen molar-refractivity contribution >= 4 is 5.78 Å². The normalized spacial score (nSPS) is 23.9. The van der Waals surface area contributed by atoms with E-state index in [1.807, 2.05) is 12.1 Å². The van der Waals surface area contributed by atoms with Gasteiger partial charge in [0.25, 0.3) is 0 Å². The van der Waals surface area contributed by atoms with Gasteiger partial charge in [-0.05, 0) is 30.7 Å². The molecule has 0 saturated heterocycles. The van der Waals surface area contributed by atoms with Gasteiger partial charge in [-0.1, -0.05) is 57.4 Å². The quantitative estimate of drug-likeness (QED) is 0.705. The third-order valence-corrected chi connectivity index (χ3v) is 4.08. The lowest BCUT2D eigenvalue weighted by atomic mass is 9.79. The maximum absolute atomic E-state index is 12.4. The molecule has 1 aliphatic rings. The lowest BCUT2D eigenvalue weighted by Crippen LogP contribution is -2.21. The number of aryl methyl sites for hydroxylation is 1. The molecule has 1 nitrogen and oxygen atoms in total. The fourth-order valence-electron chi connectivity index (χ4n) is 3.03. The van der Waals surface area contributed by atoms with Crippen molar-refractivity contribution in [2.75, 3.05) is 0 Å². The van der Waals surface area contributed by atoms with Gasteiger partial charge in [0.1, 0.15) is 0 Å². The predicted molar refractivity (Wildman–Crippen MR) is 75.9 cm³/mol. The zero-order chi connectivity index (χ0) is 13.0. The van der Waals surface area contributed by atoms with Crippen molar-refractivity contribution in [2.24, 2.45) is 11.8 Å². The van der Waals surface area contributed by atoms with Gasteiger partial charge in [0.2, 0.25) is 0 Å². The summed E-state index contributed by atoms with van der Waals surface area (Å²) in [7, 11) is 0. The first-order valence-electron chi connectivity index (χ1n) is 7.34. The second-order valence-electron chi connectivity index (χ2n) is 5.78. The van der Waals surface area contributed by atoms with Crippen molar-refractivity contribution in [1.29, 1.82) is 0 Å². The minimum atomic E-state index is 0.269. The lowest BCUT2D eigenvalue weighted by molar-refractivity contribution is 0.0868. The molecule has 1 heteroatoms. The monoisotopic (exact) mass is 244 g/mol. The topological polar surface area (TPSA) is 17.1 Å². The largest absolute Gasteiger partial charge is 0.294 e. The summed E-state index contributed by atoms with van der Waals surface area (Å²) < 4.78 is 0. The van der Waals surface area contributed by atoms with Gasteiger partial charge in [-0.2, -0.15) is 0 Å². The van der Waals surface area contributed by atoms with Gasteiger partial charge in [0.15, 0.2) is 5.78 Å². The molecular weight excluding hydrogens is 220 g/mol. The molecule has 1 aromatic rings. The van der Waals surface area contributed by atoms with Crippen molar-refractivity contribution in [3.05, 3.63) is 35.4 Å². The van der Waals surface area contributed by atoms with E-state index in [9.17, 15) is 4.79 Å². The number of carbonyl (C=O) groups is 1. The van der Waals surface area contributed by atoms with Crippen molar-refractivity contribution in [3.8, 4) is 0 Å². The van der Waals surface area contributed by atoms with Crippen LogP contribution in [0, 0.1) is 11.8 Å². The Morgan fingerprint density at radius 2 is 1.94 bits per heavy atom. The fourth-order valence-corrected chi connectivity index (χ4v) is 3.03. The summed E-state index contributed by atoms with van der Waals surface area (Å²) in [5.41, 5.74) is 2.25. The van der Waals surface area contributed by atoms with E-state index in [0.29, 0.717) is 11.7 Å². The highest BCUT2D eigenvalue weighted by molar-refractivity contribution is 5.97. The Bertz CT molecular complexity index is 391. The number of hydrogen-bond donors (Lipinski definition) is 0. The predicted octanol–water partition coefficient (Wildman–Crippen LogP) is 4.65. The van der Waals surface area contributed by atoms with Crippen molar-refractivity contribution < 1.29 is 4.79 Å². The SMILES string of the molecule is CCCc1ccc(C(=O)C2CCCC(C)C2)cc1. The number of rotatable bonds is 4. The van der Waals surface area contributed by atoms with Crippen LogP contribution in [0.5, 0.6) is 0 Å². The molecule has 0 spiro atoms. The van der Waals surface area contributed by atoms with E-state index >= 15 is 0 Å². The Morgan fingerprint density at radius 1 is 1.22 bits per heavy atom. The highest BCUT2D eigenvalue weighted by Gasteiger charge is 2.25. The molecule has 2 atom stereocenters. The Labute approximate surface area is 111 Å². The molecule has 0 radical (unpaired) electrons. The molecule has 0 aromatic heterocycles. The first-order valence-corrected chi connectivity index (χ1v) is 7.34. The van der Waals surface area contributed by atoms with Crippen LogP contribution >= 0.6 is 0 Å². The van der Waals surface area contributed by atoms with E-state index in [1.165, 1.54) is 18.4 Å². The van der Waals surface area contributed by atoms with Crippen LogP contribution in [0.4, 0.5) is 0 Å². The second kappa shape index (κ2) is 6.17. The minimum Gasteiger partial charge on any atom is -0.294 e. The Morgan fingerprint density at radius 3 is 2.56 bits per heavy atom. The summed E-state index contributed by atoms with van der Waals surface area (Å²) >= 11 is 0. The van der Waals surface area contributed by atoms with E-state index in [4.69, 9.17) is 0 Å². The van der Waals surface area contributed by atoms with Crippen molar-refractivity contribution in [3.63, 3.8) is 0 Å². The Balaban J connectivity index is 2.03. The van der Waals surface area contributed by atoms with Crippen LogP contribution in [0.3, 0.4) is 0 Å². The Hall–Kier alpha value is -1.11. The number of hydrogen-bond acceptors (Lipinski definition) is 1. The van der Waals surface area contributed by atoms with Crippen molar-refractivity contribution in [2.45, 2.75) is 52.4 Å². The maximum Gasteiger partial charge on any atom is 0.165 e. The molecule has 0 aliphatic heterocycles. The third kappa shape index (κ3) is 3.22. The van der Waals surface area contributed by atoms with Crippen LogP contribution in [0.15, 0.2) is 24.3 Å². The molecule has 18 heavy (non-hydrogen) atoms. The average Bonchev–Trinajstić information content (AvgIpc) is 2.39. The van der Waals surface area contributed by atoms with Crippen LogP contribution < -0.4 is 0 Å². The first-order chi connectivity index (χ1) is 8.70. The van der Waals surface area contributed by atoms with E-state index in [1.54, 1.807) is 0 Å². The summed E-state index contributed by atoms with van der Waals surface area (Å²) in [5.74, 6) is 1.35. The molecule has 0 N–H and O–H groups in total.